The van der Waals surface area contributed by atoms with Gasteiger partial charge in [-0.2, -0.15) is 0 Å². The molecule has 3 aromatic carbocycles. The van der Waals surface area contributed by atoms with Gasteiger partial charge in [-0.3, -0.25) is 9.69 Å². The van der Waals surface area contributed by atoms with Crippen LogP contribution < -0.4 is 4.90 Å². The Kier molecular flexibility index (Phi) is 3.24. The lowest BCUT2D eigenvalue weighted by Gasteiger charge is -2.26. The third kappa shape index (κ3) is 2.12. The van der Waals surface area contributed by atoms with Gasteiger partial charge in [-0.05, 0) is 41.5 Å². The average molecular weight is 317 g/mol. The summed E-state index contributed by atoms with van der Waals surface area (Å²) in [6.07, 6.45) is 0. The molecule has 1 heterocycles. The first kappa shape index (κ1) is 14.3. The van der Waals surface area contributed by atoms with Crippen LogP contribution in [0.2, 0.25) is 0 Å². The fourth-order valence-electron chi connectivity index (χ4n) is 3.21. The van der Waals surface area contributed by atoms with Crippen molar-refractivity contribution in [2.24, 2.45) is 0 Å². The van der Waals surface area contributed by atoms with E-state index in [2.05, 4.69) is 0 Å². The van der Waals surface area contributed by atoms with Crippen molar-refractivity contribution in [1.29, 1.82) is 0 Å². The maximum absolute atomic E-state index is 12.9. The Morgan fingerprint density at radius 1 is 0.792 bits per heavy atom. The van der Waals surface area contributed by atoms with Crippen LogP contribution in [0.1, 0.15) is 27.5 Å². The van der Waals surface area contributed by atoms with Crippen LogP contribution in [0.4, 0.5) is 5.69 Å². The summed E-state index contributed by atoms with van der Waals surface area (Å²) >= 11 is 0. The largest absolute Gasteiger partial charge is 0.504 e. The van der Waals surface area contributed by atoms with Gasteiger partial charge < -0.3 is 10.2 Å². The SMILES string of the molecule is O=C1c2ccccc2C(c2ccc(O)c(O)c2)N1c1ccccc1. The minimum atomic E-state index is -0.345. The minimum absolute atomic E-state index is 0.0747. The standard InChI is InChI=1S/C20H15NO3/c22-17-11-10-13(12-18(17)23)19-15-8-4-5-9-16(15)20(24)21(19)14-6-2-1-3-7-14/h1-12,19,22-23H. The van der Waals surface area contributed by atoms with Gasteiger partial charge in [0.25, 0.3) is 5.91 Å². The molecule has 0 saturated heterocycles. The van der Waals surface area contributed by atoms with Crippen LogP contribution in [-0.2, 0) is 0 Å². The molecule has 4 nitrogen and oxygen atoms in total. The molecule has 1 amide bonds. The average Bonchev–Trinajstić information content (AvgIpc) is 2.91. The number of para-hydroxylation sites is 1. The van der Waals surface area contributed by atoms with E-state index < -0.39 is 0 Å². The van der Waals surface area contributed by atoms with E-state index >= 15 is 0 Å². The van der Waals surface area contributed by atoms with Gasteiger partial charge in [0.2, 0.25) is 0 Å². The molecule has 1 aliphatic rings. The molecule has 0 radical (unpaired) electrons. The maximum atomic E-state index is 12.9. The Labute approximate surface area is 139 Å². The van der Waals surface area contributed by atoms with Crippen LogP contribution in [0, 0.1) is 0 Å². The second kappa shape index (κ2) is 5.42. The molecule has 0 spiro atoms. The molecular weight excluding hydrogens is 302 g/mol. The molecule has 4 rings (SSSR count). The molecule has 0 saturated carbocycles. The van der Waals surface area contributed by atoms with Gasteiger partial charge in [0.15, 0.2) is 11.5 Å². The van der Waals surface area contributed by atoms with Gasteiger partial charge >= 0.3 is 0 Å². The van der Waals surface area contributed by atoms with Gasteiger partial charge in [0.05, 0.1) is 6.04 Å². The third-order valence-corrected chi connectivity index (χ3v) is 4.31. The van der Waals surface area contributed by atoms with Crippen molar-refractivity contribution in [3.05, 3.63) is 89.5 Å². The summed E-state index contributed by atoms with van der Waals surface area (Å²) in [5.74, 6) is -0.450. The molecule has 118 valence electrons. The Balaban J connectivity index is 1.92. The Hall–Kier alpha value is -3.27. The van der Waals surface area contributed by atoms with E-state index in [0.29, 0.717) is 5.56 Å². The number of carbonyl (C=O) groups is 1. The van der Waals surface area contributed by atoms with Crippen molar-refractivity contribution >= 4 is 11.6 Å². The summed E-state index contributed by atoms with van der Waals surface area (Å²) < 4.78 is 0. The van der Waals surface area contributed by atoms with E-state index in [4.69, 9.17) is 0 Å². The van der Waals surface area contributed by atoms with Gasteiger partial charge in [-0.25, -0.2) is 0 Å². The number of carbonyl (C=O) groups excluding carboxylic acids is 1. The summed E-state index contributed by atoms with van der Waals surface area (Å²) in [4.78, 5) is 14.7. The summed E-state index contributed by atoms with van der Waals surface area (Å²) in [5.41, 5.74) is 3.07. The zero-order valence-electron chi connectivity index (χ0n) is 12.8. The number of anilines is 1. The van der Waals surface area contributed by atoms with Gasteiger partial charge in [0, 0.05) is 11.3 Å². The Morgan fingerprint density at radius 2 is 1.50 bits per heavy atom. The van der Waals surface area contributed by atoms with Crippen molar-refractivity contribution in [2.45, 2.75) is 6.04 Å². The number of aromatic hydroxyl groups is 2. The summed E-state index contributed by atoms with van der Waals surface area (Å²) in [7, 11) is 0. The molecule has 3 aromatic rings. The van der Waals surface area contributed by atoms with Crippen molar-refractivity contribution < 1.29 is 15.0 Å². The molecule has 1 atom stereocenters. The van der Waals surface area contributed by atoms with E-state index in [1.807, 2.05) is 54.6 Å². The highest BCUT2D eigenvalue weighted by Gasteiger charge is 2.38. The van der Waals surface area contributed by atoms with Crippen LogP contribution in [0.15, 0.2) is 72.8 Å². The molecular formula is C20H15NO3. The number of fused-ring (bicyclic) bond motifs is 1. The zero-order chi connectivity index (χ0) is 16.7. The number of phenols is 2. The Morgan fingerprint density at radius 3 is 2.25 bits per heavy atom. The highest BCUT2D eigenvalue weighted by atomic mass is 16.3. The van der Waals surface area contributed by atoms with E-state index in [9.17, 15) is 15.0 Å². The molecule has 1 unspecified atom stereocenters. The molecule has 24 heavy (non-hydrogen) atoms. The quantitative estimate of drug-likeness (QED) is 0.706. The first-order valence-electron chi connectivity index (χ1n) is 7.66. The molecule has 0 bridgehead atoms. The first-order chi connectivity index (χ1) is 11.7. The third-order valence-electron chi connectivity index (χ3n) is 4.31. The van der Waals surface area contributed by atoms with E-state index in [1.165, 1.54) is 12.1 Å². The van der Waals surface area contributed by atoms with Crippen LogP contribution in [0.25, 0.3) is 0 Å². The summed E-state index contributed by atoms with van der Waals surface area (Å²) in [6, 6.07) is 21.3. The topological polar surface area (TPSA) is 60.8 Å². The van der Waals surface area contributed by atoms with Crippen molar-refractivity contribution in [3.63, 3.8) is 0 Å². The number of nitrogens with zero attached hydrogens (tertiary/aromatic N) is 1. The fourth-order valence-corrected chi connectivity index (χ4v) is 3.21. The molecule has 2 N–H and O–H groups in total. The van der Waals surface area contributed by atoms with Crippen molar-refractivity contribution in [1.82, 2.24) is 0 Å². The number of rotatable bonds is 2. The monoisotopic (exact) mass is 317 g/mol. The maximum Gasteiger partial charge on any atom is 0.259 e. The van der Waals surface area contributed by atoms with Crippen LogP contribution in [0.5, 0.6) is 11.5 Å². The molecule has 0 aliphatic carbocycles. The van der Waals surface area contributed by atoms with Crippen molar-refractivity contribution in [2.75, 3.05) is 4.90 Å². The Bertz CT molecular complexity index is 921. The lowest BCUT2D eigenvalue weighted by atomic mass is 9.97. The number of phenolic OH excluding ortho intramolecular Hbond substituents is 2. The van der Waals surface area contributed by atoms with Gasteiger partial charge in [0.1, 0.15) is 0 Å². The molecule has 4 heteroatoms. The van der Waals surface area contributed by atoms with Gasteiger partial charge in [-0.15, -0.1) is 0 Å². The lowest BCUT2D eigenvalue weighted by Crippen LogP contribution is -2.28. The van der Waals surface area contributed by atoms with Gasteiger partial charge in [-0.1, -0.05) is 42.5 Å². The molecule has 1 aliphatic heterocycles. The zero-order valence-corrected chi connectivity index (χ0v) is 12.8. The number of hydrogen-bond acceptors (Lipinski definition) is 3. The van der Waals surface area contributed by atoms with Crippen LogP contribution in [-0.4, -0.2) is 16.1 Å². The van der Waals surface area contributed by atoms with E-state index in [1.54, 1.807) is 11.0 Å². The fraction of sp³-hybridized carbons (Fsp3) is 0.0500. The lowest BCUT2D eigenvalue weighted by molar-refractivity contribution is 0.0993. The molecule has 0 aromatic heterocycles. The second-order valence-corrected chi connectivity index (χ2v) is 5.75. The van der Waals surface area contributed by atoms with Crippen LogP contribution in [0.3, 0.4) is 0 Å². The highest BCUT2D eigenvalue weighted by molar-refractivity contribution is 6.11. The van der Waals surface area contributed by atoms with Crippen LogP contribution >= 0.6 is 0 Å². The van der Waals surface area contributed by atoms with Crippen molar-refractivity contribution in [3.8, 4) is 11.5 Å². The summed E-state index contributed by atoms with van der Waals surface area (Å²) in [5, 5.41) is 19.5. The molecule has 0 fully saturated rings. The number of benzene rings is 3. The predicted molar refractivity (Wildman–Crippen MR) is 91.3 cm³/mol. The number of amides is 1. The predicted octanol–water partition coefficient (Wildman–Crippen LogP) is 3.85. The normalized spacial score (nSPS) is 16.2. The van der Waals surface area contributed by atoms with E-state index in [0.717, 1.165) is 16.8 Å². The number of hydrogen-bond donors (Lipinski definition) is 2. The first-order valence-corrected chi connectivity index (χ1v) is 7.66. The highest BCUT2D eigenvalue weighted by Crippen LogP contribution is 2.42. The smallest absolute Gasteiger partial charge is 0.259 e. The second-order valence-electron chi connectivity index (χ2n) is 5.75. The summed E-state index contributed by atoms with van der Waals surface area (Å²) in [6.45, 7) is 0. The minimum Gasteiger partial charge on any atom is -0.504 e. The van der Waals surface area contributed by atoms with E-state index in [-0.39, 0.29) is 23.4 Å².